The summed E-state index contributed by atoms with van der Waals surface area (Å²) in [7, 11) is -4.30. The van der Waals surface area contributed by atoms with E-state index in [1.807, 2.05) is 44.2 Å². The highest BCUT2D eigenvalue weighted by Gasteiger charge is 2.34. The van der Waals surface area contributed by atoms with Crippen LogP contribution in [0.1, 0.15) is 36.5 Å². The second-order valence-corrected chi connectivity index (χ2v) is 13.6. The lowest BCUT2D eigenvalue weighted by Crippen LogP contribution is -2.53. The maximum Gasteiger partial charge on any atom is 0.264 e. The molecule has 0 fully saturated rings. The van der Waals surface area contributed by atoms with Gasteiger partial charge in [0.15, 0.2) is 0 Å². The number of rotatable bonds is 14. The number of aryl methyl sites for hydroxylation is 1. The number of benzene rings is 4. The van der Waals surface area contributed by atoms with E-state index in [0.29, 0.717) is 17.1 Å². The van der Waals surface area contributed by atoms with Gasteiger partial charge >= 0.3 is 0 Å². The van der Waals surface area contributed by atoms with Crippen LogP contribution in [0.5, 0.6) is 0 Å². The summed E-state index contributed by atoms with van der Waals surface area (Å²) in [6.45, 7) is 3.54. The molecule has 0 aliphatic heterocycles. The molecule has 0 aromatic heterocycles. The van der Waals surface area contributed by atoms with Gasteiger partial charge in [0.05, 0.1) is 20.6 Å². The average molecular weight is 685 g/mol. The number of anilines is 1. The fourth-order valence-electron chi connectivity index (χ4n) is 4.87. The summed E-state index contributed by atoms with van der Waals surface area (Å²) in [4.78, 5) is 29.6. The van der Waals surface area contributed by atoms with Crippen molar-refractivity contribution in [2.24, 2.45) is 0 Å². The summed E-state index contributed by atoms with van der Waals surface area (Å²) in [6, 6.07) is 24.3. The summed E-state index contributed by atoms with van der Waals surface area (Å²) in [5.74, 6) is -1.58. The maximum absolute atomic E-state index is 14.5. The molecule has 0 saturated carbocycles. The van der Waals surface area contributed by atoms with E-state index in [0.717, 1.165) is 40.4 Å². The van der Waals surface area contributed by atoms with Crippen LogP contribution in [0.15, 0.2) is 102 Å². The SMILES string of the molecule is CCCCNC(=O)C(Cc1ccccc1)N(Cc1ccc(Cl)c(Cl)c1)C(=O)CN(c1ccc(F)cc1)S(=O)(=O)c1ccc(C)cc1. The Morgan fingerprint density at radius 1 is 0.870 bits per heavy atom. The van der Waals surface area contributed by atoms with Gasteiger partial charge < -0.3 is 10.2 Å². The number of hydrogen-bond acceptors (Lipinski definition) is 4. The second kappa shape index (κ2) is 16.1. The van der Waals surface area contributed by atoms with Gasteiger partial charge in [-0.25, -0.2) is 12.8 Å². The van der Waals surface area contributed by atoms with Crippen molar-refractivity contribution in [3.63, 3.8) is 0 Å². The van der Waals surface area contributed by atoms with Crippen LogP contribution in [0.4, 0.5) is 10.1 Å². The van der Waals surface area contributed by atoms with Crippen LogP contribution in [0.2, 0.25) is 10.0 Å². The van der Waals surface area contributed by atoms with Crippen LogP contribution >= 0.6 is 23.2 Å². The molecule has 1 N–H and O–H groups in total. The fraction of sp³-hybridized carbons (Fsp3) is 0.257. The average Bonchev–Trinajstić information content (AvgIpc) is 3.04. The van der Waals surface area contributed by atoms with Crippen molar-refractivity contribution in [2.75, 3.05) is 17.4 Å². The summed E-state index contributed by atoms with van der Waals surface area (Å²) in [6.07, 6.45) is 1.78. The molecule has 1 atom stereocenters. The van der Waals surface area contributed by atoms with E-state index in [1.54, 1.807) is 30.3 Å². The molecule has 0 aliphatic carbocycles. The highest BCUT2D eigenvalue weighted by atomic mass is 35.5. The number of carbonyl (C=O) groups excluding carboxylic acids is 2. The van der Waals surface area contributed by atoms with Crippen LogP contribution in [0, 0.1) is 12.7 Å². The summed E-state index contributed by atoms with van der Waals surface area (Å²) in [5.41, 5.74) is 2.36. The molecule has 46 heavy (non-hydrogen) atoms. The van der Waals surface area contributed by atoms with Crippen LogP contribution in [0.3, 0.4) is 0 Å². The van der Waals surface area contributed by atoms with Crippen molar-refractivity contribution in [1.29, 1.82) is 0 Å². The molecule has 0 heterocycles. The quantitative estimate of drug-likeness (QED) is 0.143. The zero-order valence-electron chi connectivity index (χ0n) is 25.6. The highest BCUT2D eigenvalue weighted by molar-refractivity contribution is 7.92. The Hall–Kier alpha value is -3.92. The number of sulfonamides is 1. The van der Waals surface area contributed by atoms with Crippen molar-refractivity contribution >= 4 is 50.7 Å². The lowest BCUT2D eigenvalue weighted by atomic mass is 10.0. The van der Waals surface area contributed by atoms with Gasteiger partial charge in [-0.05, 0) is 73.0 Å². The molecular formula is C35H36Cl2FN3O4S. The number of carbonyl (C=O) groups is 2. The Kier molecular flexibility index (Phi) is 12.2. The fourth-order valence-corrected chi connectivity index (χ4v) is 6.60. The van der Waals surface area contributed by atoms with Crippen molar-refractivity contribution in [3.05, 3.63) is 130 Å². The molecule has 4 aromatic carbocycles. The Morgan fingerprint density at radius 3 is 2.17 bits per heavy atom. The van der Waals surface area contributed by atoms with Gasteiger partial charge in [0.2, 0.25) is 11.8 Å². The smallest absolute Gasteiger partial charge is 0.264 e. The summed E-state index contributed by atoms with van der Waals surface area (Å²) >= 11 is 12.5. The van der Waals surface area contributed by atoms with Crippen molar-refractivity contribution in [1.82, 2.24) is 10.2 Å². The normalized spacial score (nSPS) is 11.9. The van der Waals surface area contributed by atoms with Crippen LogP contribution in [0.25, 0.3) is 0 Å². The number of nitrogens with one attached hydrogen (secondary N) is 1. The first-order chi connectivity index (χ1) is 22.0. The molecule has 4 rings (SSSR count). The Bertz CT molecular complexity index is 1740. The minimum Gasteiger partial charge on any atom is -0.354 e. The number of hydrogen-bond donors (Lipinski definition) is 1. The van der Waals surface area contributed by atoms with Gasteiger partial charge in [-0.15, -0.1) is 0 Å². The van der Waals surface area contributed by atoms with E-state index in [9.17, 15) is 22.4 Å². The molecule has 11 heteroatoms. The lowest BCUT2D eigenvalue weighted by Gasteiger charge is -2.34. The minimum absolute atomic E-state index is 0.0376. The molecular weight excluding hydrogens is 648 g/mol. The third kappa shape index (κ3) is 9.09. The van der Waals surface area contributed by atoms with Gasteiger partial charge in [-0.2, -0.15) is 0 Å². The molecule has 1 unspecified atom stereocenters. The first-order valence-corrected chi connectivity index (χ1v) is 17.1. The second-order valence-electron chi connectivity index (χ2n) is 10.9. The first kappa shape index (κ1) is 34.9. The molecule has 242 valence electrons. The molecule has 4 aromatic rings. The number of halogens is 3. The van der Waals surface area contributed by atoms with Gasteiger partial charge in [0, 0.05) is 19.5 Å². The standard InChI is InChI=1S/C35H36Cl2FN3O4S/c1-3-4-20-39-35(43)33(22-26-8-6-5-7-9-26)40(23-27-12-19-31(36)32(37)21-27)34(42)24-41(29-15-13-28(38)14-16-29)46(44,45)30-17-10-25(2)11-18-30/h5-19,21,33H,3-4,20,22-24H2,1-2H3,(H,39,43). The highest BCUT2D eigenvalue weighted by Crippen LogP contribution is 2.27. The summed E-state index contributed by atoms with van der Waals surface area (Å²) in [5, 5.41) is 3.54. The van der Waals surface area contributed by atoms with E-state index in [2.05, 4.69) is 5.32 Å². The molecule has 0 bridgehead atoms. The Balaban J connectivity index is 1.80. The number of nitrogens with zero attached hydrogens (tertiary/aromatic N) is 2. The third-order valence-corrected chi connectivity index (χ3v) is 9.97. The van der Waals surface area contributed by atoms with E-state index >= 15 is 0 Å². The topological polar surface area (TPSA) is 86.8 Å². The lowest BCUT2D eigenvalue weighted by molar-refractivity contribution is -0.140. The van der Waals surface area contributed by atoms with Gasteiger partial charge in [0.25, 0.3) is 10.0 Å². The first-order valence-electron chi connectivity index (χ1n) is 14.9. The van der Waals surface area contributed by atoms with Crippen molar-refractivity contribution < 1.29 is 22.4 Å². The largest absolute Gasteiger partial charge is 0.354 e. The third-order valence-electron chi connectivity index (χ3n) is 7.44. The van der Waals surface area contributed by atoms with Gasteiger partial charge in [0.1, 0.15) is 18.4 Å². The van der Waals surface area contributed by atoms with Crippen molar-refractivity contribution in [2.45, 2.75) is 50.6 Å². The van der Waals surface area contributed by atoms with Crippen LogP contribution < -0.4 is 9.62 Å². The molecule has 2 amide bonds. The molecule has 0 spiro atoms. The van der Waals surface area contributed by atoms with E-state index < -0.39 is 34.3 Å². The van der Waals surface area contributed by atoms with E-state index in [-0.39, 0.29) is 34.5 Å². The van der Waals surface area contributed by atoms with E-state index in [1.165, 1.54) is 29.2 Å². The number of amides is 2. The molecule has 0 radical (unpaired) electrons. The molecule has 7 nitrogen and oxygen atoms in total. The Labute approximate surface area is 280 Å². The molecule has 0 aliphatic rings. The van der Waals surface area contributed by atoms with Gasteiger partial charge in [-0.1, -0.05) is 90.6 Å². The zero-order chi connectivity index (χ0) is 33.3. The van der Waals surface area contributed by atoms with Crippen molar-refractivity contribution in [3.8, 4) is 0 Å². The van der Waals surface area contributed by atoms with Crippen LogP contribution in [-0.4, -0.2) is 44.3 Å². The monoisotopic (exact) mass is 683 g/mol. The Morgan fingerprint density at radius 2 is 1.54 bits per heavy atom. The minimum atomic E-state index is -4.30. The predicted molar refractivity (Wildman–Crippen MR) is 181 cm³/mol. The maximum atomic E-state index is 14.5. The zero-order valence-corrected chi connectivity index (χ0v) is 28.0. The van der Waals surface area contributed by atoms with Crippen LogP contribution in [-0.2, 0) is 32.6 Å². The molecule has 0 saturated heterocycles. The predicted octanol–water partition coefficient (Wildman–Crippen LogP) is 7.19. The number of unbranched alkanes of at least 4 members (excludes halogenated alkanes) is 1. The van der Waals surface area contributed by atoms with E-state index in [4.69, 9.17) is 23.2 Å². The van der Waals surface area contributed by atoms with Gasteiger partial charge in [-0.3, -0.25) is 13.9 Å². The summed E-state index contributed by atoms with van der Waals surface area (Å²) < 4.78 is 43.0.